The molecule has 1 atom stereocenters. The Labute approximate surface area is 213 Å². The van der Waals surface area contributed by atoms with Crippen molar-refractivity contribution in [3.8, 4) is 0 Å². The number of nitrogens with two attached hydrogens (primary N) is 1. The summed E-state index contributed by atoms with van der Waals surface area (Å²) in [6.45, 7) is 3.30. The molecular formula is C27H27N5O5. The van der Waals surface area contributed by atoms with E-state index in [9.17, 15) is 24.0 Å². The van der Waals surface area contributed by atoms with Gasteiger partial charge in [-0.1, -0.05) is 17.7 Å². The summed E-state index contributed by atoms with van der Waals surface area (Å²) in [5.74, 6) is -2.50. The quantitative estimate of drug-likeness (QED) is 0.304. The standard InChI is InChI=1S/C27H27N5O5/c1-16-3-9-21(10-4-16)31-27(37)23(15-24(28)34)32-26(36)19-7-13-22(14-8-19)30-25(35)18-5-11-20(12-6-18)29-17(2)33/h3-14,23H,15H2,1-2H3,(H2,28,34)(H,29,33)(H,30,35)(H,31,37)(H,32,36). The molecule has 10 nitrogen and oxygen atoms in total. The topological polar surface area (TPSA) is 159 Å². The molecule has 3 aromatic carbocycles. The highest BCUT2D eigenvalue weighted by molar-refractivity contribution is 6.05. The highest BCUT2D eigenvalue weighted by Gasteiger charge is 2.24. The third-order valence-electron chi connectivity index (χ3n) is 5.22. The van der Waals surface area contributed by atoms with Gasteiger partial charge in [0.1, 0.15) is 6.04 Å². The van der Waals surface area contributed by atoms with E-state index in [1.54, 1.807) is 36.4 Å². The van der Waals surface area contributed by atoms with Crippen LogP contribution in [0.25, 0.3) is 0 Å². The van der Waals surface area contributed by atoms with Crippen molar-refractivity contribution in [1.29, 1.82) is 0 Å². The Hall–Kier alpha value is -4.99. The molecule has 6 N–H and O–H groups in total. The van der Waals surface area contributed by atoms with Gasteiger partial charge in [-0.25, -0.2) is 0 Å². The highest BCUT2D eigenvalue weighted by Crippen LogP contribution is 2.15. The van der Waals surface area contributed by atoms with Crippen LogP contribution in [0.2, 0.25) is 0 Å². The van der Waals surface area contributed by atoms with Crippen molar-refractivity contribution < 1.29 is 24.0 Å². The molecule has 0 radical (unpaired) electrons. The Morgan fingerprint density at radius 2 is 1.14 bits per heavy atom. The van der Waals surface area contributed by atoms with E-state index in [2.05, 4.69) is 21.3 Å². The van der Waals surface area contributed by atoms with Gasteiger partial charge in [-0.05, 0) is 67.6 Å². The van der Waals surface area contributed by atoms with Crippen LogP contribution in [0.1, 0.15) is 39.6 Å². The second-order valence-electron chi connectivity index (χ2n) is 8.34. The molecule has 0 aliphatic heterocycles. The molecule has 0 aromatic heterocycles. The molecule has 37 heavy (non-hydrogen) atoms. The maximum atomic E-state index is 12.7. The number of rotatable bonds is 9. The van der Waals surface area contributed by atoms with Crippen LogP contribution < -0.4 is 27.0 Å². The minimum absolute atomic E-state index is 0.214. The van der Waals surface area contributed by atoms with E-state index in [1.165, 1.54) is 31.2 Å². The molecule has 190 valence electrons. The number of hydrogen-bond acceptors (Lipinski definition) is 5. The molecule has 10 heteroatoms. The molecule has 0 bridgehead atoms. The zero-order chi connectivity index (χ0) is 26.9. The van der Waals surface area contributed by atoms with Gasteiger partial charge in [0.25, 0.3) is 11.8 Å². The van der Waals surface area contributed by atoms with Gasteiger partial charge in [-0.3, -0.25) is 24.0 Å². The fraction of sp³-hybridized carbons (Fsp3) is 0.148. The van der Waals surface area contributed by atoms with Gasteiger partial charge in [0, 0.05) is 35.1 Å². The lowest BCUT2D eigenvalue weighted by molar-refractivity contribution is -0.123. The molecule has 0 spiro atoms. The first-order valence-electron chi connectivity index (χ1n) is 11.4. The first-order valence-corrected chi connectivity index (χ1v) is 11.4. The zero-order valence-corrected chi connectivity index (χ0v) is 20.3. The third-order valence-corrected chi connectivity index (χ3v) is 5.22. The number of aryl methyl sites for hydroxylation is 1. The Morgan fingerprint density at radius 3 is 1.65 bits per heavy atom. The lowest BCUT2D eigenvalue weighted by atomic mass is 10.1. The summed E-state index contributed by atoms with van der Waals surface area (Å²) < 4.78 is 0. The first kappa shape index (κ1) is 26.6. The van der Waals surface area contributed by atoms with Gasteiger partial charge in [-0.2, -0.15) is 0 Å². The third kappa shape index (κ3) is 8.03. The molecule has 3 rings (SSSR count). The zero-order valence-electron chi connectivity index (χ0n) is 20.3. The van der Waals surface area contributed by atoms with Crippen LogP contribution in [-0.4, -0.2) is 35.6 Å². The van der Waals surface area contributed by atoms with Crippen molar-refractivity contribution in [2.75, 3.05) is 16.0 Å². The summed E-state index contributed by atoms with van der Waals surface area (Å²) in [6.07, 6.45) is -0.377. The van der Waals surface area contributed by atoms with Crippen LogP contribution in [0.5, 0.6) is 0 Å². The number of hydrogen-bond donors (Lipinski definition) is 5. The molecule has 0 saturated carbocycles. The Morgan fingerprint density at radius 1 is 0.676 bits per heavy atom. The van der Waals surface area contributed by atoms with E-state index < -0.39 is 23.8 Å². The number of benzene rings is 3. The smallest absolute Gasteiger partial charge is 0.255 e. The molecule has 5 amide bonds. The second-order valence-corrected chi connectivity index (χ2v) is 8.34. The number of carbonyl (C=O) groups is 5. The molecule has 1 unspecified atom stereocenters. The maximum absolute atomic E-state index is 12.7. The van der Waals surface area contributed by atoms with E-state index in [0.29, 0.717) is 22.6 Å². The molecular weight excluding hydrogens is 474 g/mol. The normalized spacial score (nSPS) is 11.1. The molecule has 3 aromatic rings. The van der Waals surface area contributed by atoms with Crippen LogP contribution in [0.4, 0.5) is 17.1 Å². The van der Waals surface area contributed by atoms with Crippen molar-refractivity contribution in [2.24, 2.45) is 5.73 Å². The lowest BCUT2D eigenvalue weighted by Gasteiger charge is -2.17. The predicted molar refractivity (Wildman–Crippen MR) is 140 cm³/mol. The number of nitrogens with one attached hydrogen (secondary N) is 4. The summed E-state index contributed by atoms with van der Waals surface area (Å²) in [5, 5.41) is 10.5. The minimum Gasteiger partial charge on any atom is -0.370 e. The summed E-state index contributed by atoms with van der Waals surface area (Å²) >= 11 is 0. The van der Waals surface area contributed by atoms with Crippen molar-refractivity contribution in [3.63, 3.8) is 0 Å². The van der Waals surface area contributed by atoms with Crippen LogP contribution >= 0.6 is 0 Å². The summed E-state index contributed by atoms with van der Waals surface area (Å²) in [5.41, 5.74) is 8.42. The monoisotopic (exact) mass is 501 g/mol. The Balaban J connectivity index is 1.62. The summed E-state index contributed by atoms with van der Waals surface area (Å²) in [6, 6.07) is 18.3. The van der Waals surface area contributed by atoms with Crippen molar-refractivity contribution in [2.45, 2.75) is 26.3 Å². The van der Waals surface area contributed by atoms with Gasteiger partial charge in [0.05, 0.1) is 6.42 Å². The van der Waals surface area contributed by atoms with Crippen LogP contribution in [-0.2, 0) is 14.4 Å². The molecule has 0 aliphatic carbocycles. The first-order chi connectivity index (χ1) is 17.6. The lowest BCUT2D eigenvalue weighted by Crippen LogP contribution is -2.46. The average molecular weight is 502 g/mol. The minimum atomic E-state index is -1.17. The number of carbonyl (C=O) groups excluding carboxylic acids is 5. The van der Waals surface area contributed by atoms with Gasteiger partial charge in [0.2, 0.25) is 17.7 Å². The Bertz CT molecular complexity index is 1300. The van der Waals surface area contributed by atoms with E-state index >= 15 is 0 Å². The molecule has 0 saturated heterocycles. The number of amides is 5. The molecule has 0 aliphatic rings. The van der Waals surface area contributed by atoms with Crippen molar-refractivity contribution in [1.82, 2.24) is 5.32 Å². The van der Waals surface area contributed by atoms with Crippen molar-refractivity contribution >= 4 is 46.6 Å². The SMILES string of the molecule is CC(=O)Nc1ccc(C(=O)Nc2ccc(C(=O)NC(CC(N)=O)C(=O)Nc3ccc(C)cc3)cc2)cc1. The van der Waals surface area contributed by atoms with Crippen molar-refractivity contribution in [3.05, 3.63) is 89.5 Å². The second kappa shape index (κ2) is 12.1. The van der Waals surface area contributed by atoms with Gasteiger partial charge >= 0.3 is 0 Å². The molecule has 0 heterocycles. The van der Waals surface area contributed by atoms with Crippen LogP contribution in [0, 0.1) is 6.92 Å². The summed E-state index contributed by atoms with van der Waals surface area (Å²) in [7, 11) is 0. The van der Waals surface area contributed by atoms with Gasteiger partial charge < -0.3 is 27.0 Å². The summed E-state index contributed by atoms with van der Waals surface area (Å²) in [4.78, 5) is 60.5. The predicted octanol–water partition coefficient (Wildman–Crippen LogP) is 2.82. The van der Waals surface area contributed by atoms with E-state index in [4.69, 9.17) is 5.73 Å². The average Bonchev–Trinajstić information content (AvgIpc) is 2.85. The maximum Gasteiger partial charge on any atom is 0.255 e. The van der Waals surface area contributed by atoms with Gasteiger partial charge in [-0.15, -0.1) is 0 Å². The van der Waals surface area contributed by atoms with Gasteiger partial charge in [0.15, 0.2) is 0 Å². The van der Waals surface area contributed by atoms with E-state index in [1.807, 2.05) is 19.1 Å². The largest absolute Gasteiger partial charge is 0.370 e. The van der Waals surface area contributed by atoms with Crippen LogP contribution in [0.15, 0.2) is 72.8 Å². The van der Waals surface area contributed by atoms with Crippen LogP contribution in [0.3, 0.4) is 0 Å². The number of primary amides is 1. The molecule has 0 fully saturated rings. The van der Waals surface area contributed by atoms with E-state index in [-0.39, 0.29) is 23.8 Å². The number of anilines is 3. The fourth-order valence-electron chi connectivity index (χ4n) is 3.33. The Kier molecular flexibility index (Phi) is 8.71. The highest BCUT2D eigenvalue weighted by atomic mass is 16.2. The van der Waals surface area contributed by atoms with E-state index in [0.717, 1.165) is 5.56 Å². The fourth-order valence-corrected chi connectivity index (χ4v) is 3.33.